The van der Waals surface area contributed by atoms with Crippen molar-refractivity contribution in [3.63, 3.8) is 0 Å². The number of carbonyl (C=O) groups excluding carboxylic acids is 1. The second-order valence-electron chi connectivity index (χ2n) is 2.62. The van der Waals surface area contributed by atoms with Gasteiger partial charge in [0.05, 0.1) is 0 Å². The number of nitrogens with zero attached hydrogens (tertiary/aromatic N) is 1. The molecule has 11 heavy (non-hydrogen) atoms. The summed E-state index contributed by atoms with van der Waals surface area (Å²) in [5.41, 5.74) is 0. The summed E-state index contributed by atoms with van der Waals surface area (Å²) in [6, 6.07) is 0. The SMILES string of the molecule is CCCCN(CCC)C(=O)S. The van der Waals surface area contributed by atoms with Crippen molar-refractivity contribution in [2.24, 2.45) is 0 Å². The summed E-state index contributed by atoms with van der Waals surface area (Å²) in [4.78, 5) is 12.6. The number of unbranched alkanes of at least 4 members (excludes halogenated alkanes) is 1. The minimum absolute atomic E-state index is 0.0969. The van der Waals surface area contributed by atoms with Crippen molar-refractivity contribution in [3.8, 4) is 0 Å². The fraction of sp³-hybridized carbons (Fsp3) is 0.875. The molecule has 0 aromatic heterocycles. The van der Waals surface area contributed by atoms with Gasteiger partial charge in [-0.3, -0.25) is 4.79 Å². The van der Waals surface area contributed by atoms with E-state index in [0.29, 0.717) is 0 Å². The third-order valence-corrected chi connectivity index (χ3v) is 1.83. The third kappa shape index (κ3) is 5.13. The molecule has 0 bridgehead atoms. The van der Waals surface area contributed by atoms with Crippen LogP contribution in [-0.2, 0) is 0 Å². The standard InChI is InChI=1S/C8H17NOS/c1-3-5-7-9(6-4-2)8(10)11/h3-7H2,1-2H3,(H,10,11). The zero-order valence-electron chi connectivity index (χ0n) is 7.34. The topological polar surface area (TPSA) is 20.3 Å². The number of hydrogen-bond donors (Lipinski definition) is 1. The summed E-state index contributed by atoms with van der Waals surface area (Å²) in [5.74, 6) is 0. The number of carbonyl (C=O) groups is 1. The van der Waals surface area contributed by atoms with Gasteiger partial charge in [-0.2, -0.15) is 0 Å². The molecule has 0 fully saturated rings. The molecule has 0 radical (unpaired) electrons. The molecule has 0 aromatic carbocycles. The Kier molecular flexibility index (Phi) is 6.42. The van der Waals surface area contributed by atoms with Crippen molar-refractivity contribution in [2.75, 3.05) is 13.1 Å². The van der Waals surface area contributed by atoms with E-state index in [1.54, 1.807) is 4.90 Å². The third-order valence-electron chi connectivity index (χ3n) is 1.55. The van der Waals surface area contributed by atoms with Gasteiger partial charge in [0.15, 0.2) is 0 Å². The van der Waals surface area contributed by atoms with Crippen LogP contribution < -0.4 is 0 Å². The average molecular weight is 175 g/mol. The second-order valence-corrected chi connectivity index (χ2v) is 3.01. The molecule has 0 aliphatic heterocycles. The molecule has 0 rings (SSSR count). The highest BCUT2D eigenvalue weighted by Crippen LogP contribution is 2.00. The molecular weight excluding hydrogens is 158 g/mol. The lowest BCUT2D eigenvalue weighted by Gasteiger charge is -2.18. The molecule has 0 aliphatic carbocycles. The van der Waals surface area contributed by atoms with Gasteiger partial charge in [0.2, 0.25) is 0 Å². The summed E-state index contributed by atoms with van der Waals surface area (Å²) in [5, 5.41) is -0.0969. The van der Waals surface area contributed by atoms with Crippen LogP contribution >= 0.6 is 12.6 Å². The van der Waals surface area contributed by atoms with Crippen molar-refractivity contribution in [1.82, 2.24) is 4.90 Å². The van der Waals surface area contributed by atoms with E-state index in [2.05, 4.69) is 26.5 Å². The van der Waals surface area contributed by atoms with Crippen LogP contribution in [0.1, 0.15) is 33.1 Å². The Bertz CT molecular complexity index is 117. The first-order valence-electron chi connectivity index (χ1n) is 4.20. The minimum Gasteiger partial charge on any atom is -0.334 e. The Morgan fingerprint density at radius 3 is 2.27 bits per heavy atom. The predicted octanol–water partition coefficient (Wildman–Crippen LogP) is 2.55. The van der Waals surface area contributed by atoms with E-state index in [1.807, 2.05) is 0 Å². The number of amides is 1. The number of thiol groups is 1. The van der Waals surface area contributed by atoms with Crippen LogP contribution in [-0.4, -0.2) is 23.2 Å². The van der Waals surface area contributed by atoms with Gasteiger partial charge in [0.25, 0.3) is 5.24 Å². The number of hydrogen-bond acceptors (Lipinski definition) is 1. The molecule has 0 saturated heterocycles. The van der Waals surface area contributed by atoms with Gasteiger partial charge in [-0.05, 0) is 12.8 Å². The Hall–Kier alpha value is -0.180. The van der Waals surface area contributed by atoms with Gasteiger partial charge in [-0.25, -0.2) is 0 Å². The summed E-state index contributed by atoms with van der Waals surface area (Å²) in [6.45, 7) is 5.87. The van der Waals surface area contributed by atoms with Crippen LogP contribution in [0, 0.1) is 0 Å². The van der Waals surface area contributed by atoms with E-state index in [0.717, 1.165) is 32.4 Å². The van der Waals surface area contributed by atoms with E-state index >= 15 is 0 Å². The van der Waals surface area contributed by atoms with Crippen LogP contribution in [0.3, 0.4) is 0 Å². The molecule has 0 spiro atoms. The van der Waals surface area contributed by atoms with Crippen molar-refractivity contribution >= 4 is 17.9 Å². The summed E-state index contributed by atoms with van der Waals surface area (Å²) in [6.07, 6.45) is 3.21. The van der Waals surface area contributed by atoms with Gasteiger partial charge in [-0.15, -0.1) is 0 Å². The van der Waals surface area contributed by atoms with Crippen molar-refractivity contribution in [2.45, 2.75) is 33.1 Å². The second kappa shape index (κ2) is 6.53. The molecule has 0 saturated carbocycles. The average Bonchev–Trinajstić information content (AvgIpc) is 1.97. The van der Waals surface area contributed by atoms with E-state index in [4.69, 9.17) is 0 Å². The van der Waals surface area contributed by atoms with Crippen LogP contribution in [0.5, 0.6) is 0 Å². The summed E-state index contributed by atoms with van der Waals surface area (Å²) >= 11 is 3.79. The molecule has 2 nitrogen and oxygen atoms in total. The molecule has 0 N–H and O–H groups in total. The summed E-state index contributed by atoms with van der Waals surface area (Å²) < 4.78 is 0. The van der Waals surface area contributed by atoms with Crippen LogP contribution in [0.25, 0.3) is 0 Å². The highest BCUT2D eigenvalue weighted by atomic mass is 32.1. The largest absolute Gasteiger partial charge is 0.334 e. The molecule has 66 valence electrons. The zero-order chi connectivity index (χ0) is 8.69. The van der Waals surface area contributed by atoms with Gasteiger partial charge in [-0.1, -0.05) is 32.9 Å². The molecule has 0 unspecified atom stereocenters. The maximum Gasteiger partial charge on any atom is 0.278 e. The van der Waals surface area contributed by atoms with E-state index < -0.39 is 0 Å². The van der Waals surface area contributed by atoms with Crippen molar-refractivity contribution in [1.29, 1.82) is 0 Å². The Morgan fingerprint density at radius 2 is 1.91 bits per heavy atom. The fourth-order valence-electron chi connectivity index (χ4n) is 0.922. The fourth-order valence-corrected chi connectivity index (χ4v) is 1.12. The highest BCUT2D eigenvalue weighted by molar-refractivity contribution is 7.96. The van der Waals surface area contributed by atoms with Gasteiger partial charge >= 0.3 is 0 Å². The normalized spacial score (nSPS) is 9.73. The first-order valence-corrected chi connectivity index (χ1v) is 4.65. The monoisotopic (exact) mass is 175 g/mol. The molecule has 1 amide bonds. The van der Waals surface area contributed by atoms with Crippen LogP contribution in [0.4, 0.5) is 4.79 Å². The Labute approximate surface area is 74.4 Å². The van der Waals surface area contributed by atoms with E-state index in [1.165, 1.54) is 0 Å². The first kappa shape index (κ1) is 10.8. The number of rotatable bonds is 5. The minimum atomic E-state index is -0.0969. The molecule has 0 aliphatic rings. The van der Waals surface area contributed by atoms with E-state index in [-0.39, 0.29) is 5.24 Å². The quantitative estimate of drug-likeness (QED) is 0.637. The van der Waals surface area contributed by atoms with Gasteiger partial charge < -0.3 is 4.90 Å². The molecule has 0 aromatic rings. The van der Waals surface area contributed by atoms with Gasteiger partial charge in [0, 0.05) is 13.1 Å². The lowest BCUT2D eigenvalue weighted by atomic mass is 10.3. The lowest BCUT2D eigenvalue weighted by Crippen LogP contribution is -2.28. The van der Waals surface area contributed by atoms with Crippen LogP contribution in [0.2, 0.25) is 0 Å². The lowest BCUT2D eigenvalue weighted by molar-refractivity contribution is 0.222. The maximum atomic E-state index is 10.8. The Morgan fingerprint density at radius 1 is 1.27 bits per heavy atom. The molecule has 3 heteroatoms. The van der Waals surface area contributed by atoms with Crippen LogP contribution in [0.15, 0.2) is 0 Å². The molecule has 0 atom stereocenters. The summed E-state index contributed by atoms with van der Waals surface area (Å²) in [7, 11) is 0. The predicted molar refractivity (Wildman–Crippen MR) is 51.2 cm³/mol. The highest BCUT2D eigenvalue weighted by Gasteiger charge is 2.05. The van der Waals surface area contributed by atoms with Crippen molar-refractivity contribution < 1.29 is 4.79 Å². The first-order chi connectivity index (χ1) is 5.22. The molecular formula is C8H17NOS. The van der Waals surface area contributed by atoms with Gasteiger partial charge in [0.1, 0.15) is 0 Å². The molecule has 0 heterocycles. The zero-order valence-corrected chi connectivity index (χ0v) is 8.23. The van der Waals surface area contributed by atoms with Crippen molar-refractivity contribution in [3.05, 3.63) is 0 Å². The maximum absolute atomic E-state index is 10.8. The smallest absolute Gasteiger partial charge is 0.278 e. The van der Waals surface area contributed by atoms with E-state index in [9.17, 15) is 4.79 Å². The Balaban J connectivity index is 3.60.